The summed E-state index contributed by atoms with van der Waals surface area (Å²) in [5.74, 6) is -3.70. The van der Waals surface area contributed by atoms with Gasteiger partial charge in [-0.25, -0.2) is 4.79 Å². The largest absolute Gasteiger partial charge is 0.444 e. The fourth-order valence-corrected chi connectivity index (χ4v) is 4.69. The molecule has 0 heterocycles. The molecule has 0 saturated carbocycles. The Morgan fingerprint density at radius 1 is 0.415 bits per heavy atom. The number of nitrogens with zero attached hydrogens (tertiary/aromatic N) is 6. The summed E-state index contributed by atoms with van der Waals surface area (Å²) < 4.78 is 37.7. The zero-order chi connectivity index (χ0) is 49.2. The molecular formula is C40H73N9O16. The van der Waals surface area contributed by atoms with Gasteiger partial charge in [0.25, 0.3) is 0 Å². The summed E-state index contributed by atoms with van der Waals surface area (Å²) >= 11 is 0. The van der Waals surface area contributed by atoms with Crippen LogP contribution in [0.1, 0.15) is 20.8 Å². The minimum Gasteiger partial charge on any atom is -0.444 e. The Balaban J connectivity index is 3.99. The minimum atomic E-state index is -0.576. The van der Waals surface area contributed by atoms with Crippen LogP contribution in [0.5, 0.6) is 0 Å². The predicted molar refractivity (Wildman–Crippen MR) is 232 cm³/mol. The van der Waals surface area contributed by atoms with Gasteiger partial charge >= 0.3 is 6.09 Å². The van der Waals surface area contributed by atoms with Crippen molar-refractivity contribution >= 4 is 53.9 Å². The molecule has 25 nitrogen and oxygen atoms in total. The highest BCUT2D eigenvalue weighted by atomic mass is 16.6. The van der Waals surface area contributed by atoms with E-state index in [4.69, 9.17) is 33.2 Å². The fourth-order valence-electron chi connectivity index (χ4n) is 4.69. The monoisotopic (exact) mass is 936 g/mol. The first kappa shape index (κ1) is 59.8. The predicted octanol–water partition coefficient (Wildman–Crippen LogP) is -3.78. The van der Waals surface area contributed by atoms with E-state index in [-0.39, 0.29) is 45.9 Å². The van der Waals surface area contributed by atoms with Gasteiger partial charge in [0.1, 0.15) is 5.60 Å². The van der Waals surface area contributed by atoms with Gasteiger partial charge in [0, 0.05) is 55.4 Å². The maximum atomic E-state index is 12.8. The third-order valence-corrected chi connectivity index (χ3v) is 8.48. The van der Waals surface area contributed by atoms with Crippen molar-refractivity contribution in [2.24, 2.45) is 0 Å². The van der Waals surface area contributed by atoms with E-state index < -0.39 is 66.1 Å². The Morgan fingerprint density at radius 2 is 0.692 bits per heavy atom. The number of nitrogens with one attached hydrogen (secondary N) is 3. The molecule has 0 rings (SSSR count). The van der Waals surface area contributed by atoms with Gasteiger partial charge in [-0.05, 0) is 20.8 Å². The van der Waals surface area contributed by atoms with Gasteiger partial charge in [-0.3, -0.25) is 38.4 Å². The van der Waals surface area contributed by atoms with E-state index in [2.05, 4.69) is 16.0 Å². The molecule has 0 aliphatic rings. The lowest BCUT2D eigenvalue weighted by Gasteiger charge is -2.26. The van der Waals surface area contributed by atoms with Gasteiger partial charge in [0.15, 0.2) is 0 Å². The molecule has 0 saturated heterocycles. The molecule has 0 aliphatic carbocycles. The van der Waals surface area contributed by atoms with E-state index >= 15 is 0 Å². The van der Waals surface area contributed by atoms with E-state index in [1.165, 1.54) is 42.3 Å². The van der Waals surface area contributed by atoms with Crippen LogP contribution in [0.3, 0.4) is 0 Å². The van der Waals surface area contributed by atoms with Gasteiger partial charge in [-0.1, -0.05) is 0 Å². The second kappa shape index (κ2) is 35.1. The van der Waals surface area contributed by atoms with Crippen LogP contribution in [0, 0.1) is 0 Å². The first-order valence-corrected chi connectivity index (χ1v) is 21.0. The van der Waals surface area contributed by atoms with Crippen molar-refractivity contribution in [3.63, 3.8) is 0 Å². The molecule has 0 radical (unpaired) electrons. The molecule has 0 spiro atoms. The SMILES string of the molecule is CN(CC(=O)NCCOCCOCCOCCOCCOCCOCCNC(=O)OC(C)(C)C)C(=O)CN(C)C(=O)CN(C)C(=O)CN(C)C(=O)CN(C)C(=O)CN(C)C(=O)CNC=O. The Hall–Kier alpha value is -5.21. The van der Waals surface area contributed by atoms with E-state index in [1.54, 1.807) is 20.8 Å². The molecule has 0 fully saturated rings. The standard InChI is InChI=1S/C40H73N9O16/c1-40(2,3)65-39(58)43-11-13-60-15-17-62-19-21-64-23-22-63-20-18-61-16-14-59-12-10-42-32(51)25-44(4)34(53)27-46(6)36(55)29-48(8)38(57)30-49(9)37(56)28-47(7)35(54)26-45(5)33(52)24-41-31-50/h31H,10-30H2,1-9H3,(H,41,50)(H,42,51)(H,43,58). The molecule has 25 heteroatoms. The number of carbonyl (C=O) groups is 9. The summed E-state index contributed by atoms with van der Waals surface area (Å²) in [6.45, 7) is 7.91. The molecule has 0 atom stereocenters. The zero-order valence-electron chi connectivity index (χ0n) is 39.6. The van der Waals surface area contributed by atoms with Crippen LogP contribution >= 0.6 is 0 Å². The van der Waals surface area contributed by atoms with Gasteiger partial charge in [0.2, 0.25) is 47.8 Å². The maximum Gasteiger partial charge on any atom is 0.407 e. The van der Waals surface area contributed by atoms with Gasteiger partial charge in [-0.15, -0.1) is 0 Å². The first-order valence-electron chi connectivity index (χ1n) is 21.0. The lowest BCUT2D eigenvalue weighted by molar-refractivity contribution is -0.145. The van der Waals surface area contributed by atoms with Gasteiger partial charge in [0.05, 0.1) is 125 Å². The molecule has 65 heavy (non-hydrogen) atoms. The number of hydrogen-bond acceptors (Lipinski definition) is 16. The minimum absolute atomic E-state index is 0.203. The van der Waals surface area contributed by atoms with Gasteiger partial charge < -0.3 is 78.5 Å². The summed E-state index contributed by atoms with van der Waals surface area (Å²) in [6, 6.07) is 0. The van der Waals surface area contributed by atoms with Crippen LogP contribution in [0.2, 0.25) is 0 Å². The van der Waals surface area contributed by atoms with Crippen molar-refractivity contribution in [2.45, 2.75) is 26.4 Å². The molecule has 0 unspecified atom stereocenters. The Labute approximate surface area is 381 Å². The number of carbonyl (C=O) groups excluding carboxylic acids is 9. The van der Waals surface area contributed by atoms with Crippen molar-refractivity contribution in [2.75, 3.05) is 180 Å². The van der Waals surface area contributed by atoms with Crippen LogP contribution in [0.15, 0.2) is 0 Å². The number of ether oxygens (including phenoxy) is 7. The molecule has 3 N–H and O–H groups in total. The van der Waals surface area contributed by atoms with Crippen LogP contribution < -0.4 is 16.0 Å². The van der Waals surface area contributed by atoms with E-state index in [9.17, 15) is 43.2 Å². The molecule has 374 valence electrons. The second-order valence-electron chi connectivity index (χ2n) is 15.5. The van der Waals surface area contributed by atoms with Crippen molar-refractivity contribution in [3.8, 4) is 0 Å². The molecule has 0 aromatic heterocycles. The zero-order valence-corrected chi connectivity index (χ0v) is 39.6. The third-order valence-electron chi connectivity index (χ3n) is 8.48. The quantitative estimate of drug-likeness (QED) is 0.0402. The summed E-state index contributed by atoms with van der Waals surface area (Å²) in [7, 11) is 8.24. The van der Waals surface area contributed by atoms with Crippen LogP contribution in [0.25, 0.3) is 0 Å². The van der Waals surface area contributed by atoms with Gasteiger partial charge in [-0.2, -0.15) is 0 Å². The first-order chi connectivity index (χ1) is 30.7. The van der Waals surface area contributed by atoms with Crippen molar-refractivity contribution in [1.29, 1.82) is 0 Å². The highest BCUT2D eigenvalue weighted by molar-refractivity contribution is 5.92. The summed E-state index contributed by atoms with van der Waals surface area (Å²) in [5.41, 5.74) is -0.545. The summed E-state index contributed by atoms with van der Waals surface area (Å²) in [6.07, 6.45) is -0.129. The number of alkyl carbamates (subject to hydrolysis) is 1. The topological polar surface area (TPSA) is 274 Å². The maximum absolute atomic E-state index is 12.8. The van der Waals surface area contributed by atoms with Crippen molar-refractivity contribution < 1.29 is 76.3 Å². The second-order valence-corrected chi connectivity index (χ2v) is 15.5. The average molecular weight is 936 g/mol. The molecule has 0 bridgehead atoms. The van der Waals surface area contributed by atoms with E-state index in [0.29, 0.717) is 85.6 Å². The Morgan fingerprint density at radius 3 is 1.00 bits per heavy atom. The average Bonchev–Trinajstić information content (AvgIpc) is 3.23. The Bertz CT molecular complexity index is 1470. The number of likely N-dealkylation sites (N-methyl/N-ethyl adjacent to an activating group) is 6. The molecular weight excluding hydrogens is 862 g/mol. The van der Waals surface area contributed by atoms with Crippen LogP contribution in [0.4, 0.5) is 4.79 Å². The van der Waals surface area contributed by atoms with Crippen LogP contribution in [-0.4, -0.2) is 269 Å². The van der Waals surface area contributed by atoms with E-state index in [0.717, 1.165) is 29.4 Å². The number of amides is 9. The third kappa shape index (κ3) is 32.2. The van der Waals surface area contributed by atoms with E-state index in [1.807, 2.05) is 0 Å². The smallest absolute Gasteiger partial charge is 0.407 e. The molecule has 0 aliphatic heterocycles. The Kier molecular flexibility index (Phi) is 32.3. The van der Waals surface area contributed by atoms with Crippen molar-refractivity contribution in [1.82, 2.24) is 45.3 Å². The molecule has 9 amide bonds. The van der Waals surface area contributed by atoms with Crippen LogP contribution in [-0.2, 0) is 71.5 Å². The highest BCUT2D eigenvalue weighted by Gasteiger charge is 2.24. The molecule has 0 aromatic carbocycles. The fraction of sp³-hybridized carbons (Fsp3) is 0.775. The highest BCUT2D eigenvalue weighted by Crippen LogP contribution is 2.06. The summed E-state index contributed by atoms with van der Waals surface area (Å²) in [4.78, 5) is 116. The lowest BCUT2D eigenvalue weighted by Crippen LogP contribution is -2.49. The number of hydrogen-bond donors (Lipinski definition) is 3. The van der Waals surface area contributed by atoms with Crippen molar-refractivity contribution in [3.05, 3.63) is 0 Å². The summed E-state index contributed by atoms with van der Waals surface area (Å²) in [5, 5.41) is 7.46. The molecule has 0 aromatic rings. The number of rotatable bonds is 36. The lowest BCUT2D eigenvalue weighted by atomic mass is 10.2. The normalized spacial score (nSPS) is 10.9.